The number of hydrogen-bond acceptors (Lipinski definition) is 5. The molecule has 0 radical (unpaired) electrons. The zero-order valence-electron chi connectivity index (χ0n) is 19.1. The van der Waals surface area contributed by atoms with Gasteiger partial charge in [0.1, 0.15) is 5.82 Å². The van der Waals surface area contributed by atoms with Crippen molar-refractivity contribution in [2.45, 2.75) is 65.0 Å². The molecule has 7 nitrogen and oxygen atoms in total. The van der Waals surface area contributed by atoms with Crippen molar-refractivity contribution in [3.63, 3.8) is 0 Å². The maximum Gasteiger partial charge on any atom is 0.191 e. The number of ether oxygens (including phenoxy) is 1. The van der Waals surface area contributed by atoms with Crippen molar-refractivity contribution < 1.29 is 9.84 Å². The van der Waals surface area contributed by atoms with Gasteiger partial charge in [-0.2, -0.15) is 0 Å². The number of pyridine rings is 1. The smallest absolute Gasteiger partial charge is 0.191 e. The van der Waals surface area contributed by atoms with E-state index in [0.717, 1.165) is 56.5 Å². The van der Waals surface area contributed by atoms with Crippen LogP contribution in [0.5, 0.6) is 0 Å². The van der Waals surface area contributed by atoms with Crippen molar-refractivity contribution in [2.24, 2.45) is 10.4 Å². The number of aliphatic imine (C=N–C) groups is 1. The Bertz CT molecular complexity index is 659. The number of nitrogens with zero attached hydrogens (tertiary/aromatic N) is 3. The Morgan fingerprint density at radius 1 is 1.29 bits per heavy atom. The molecular formula is C23H40IN5O2. The van der Waals surface area contributed by atoms with E-state index in [1.165, 1.54) is 32.1 Å². The molecule has 1 unspecified atom stereocenters. The van der Waals surface area contributed by atoms with E-state index in [4.69, 9.17) is 9.73 Å². The van der Waals surface area contributed by atoms with E-state index < -0.39 is 0 Å². The van der Waals surface area contributed by atoms with E-state index in [9.17, 15) is 5.11 Å². The molecule has 3 N–H and O–H groups in total. The van der Waals surface area contributed by atoms with Gasteiger partial charge in [0.05, 0.1) is 19.3 Å². The van der Waals surface area contributed by atoms with Crippen molar-refractivity contribution in [3.05, 3.63) is 23.9 Å². The van der Waals surface area contributed by atoms with E-state index in [1.807, 2.05) is 6.20 Å². The van der Waals surface area contributed by atoms with Gasteiger partial charge in [0.25, 0.3) is 0 Å². The lowest BCUT2D eigenvalue weighted by molar-refractivity contribution is 0.0529. The molecule has 1 saturated heterocycles. The SMILES string of the molecule is CCNC(=NCc1ccc(N2CCOC(C)C2)nc1)NCC1(CCO)CCCCC1.I. The highest BCUT2D eigenvalue weighted by Gasteiger charge is 2.31. The van der Waals surface area contributed by atoms with Gasteiger partial charge in [0, 0.05) is 39.0 Å². The molecule has 2 fully saturated rings. The molecule has 1 aromatic rings. The van der Waals surface area contributed by atoms with Crippen molar-refractivity contribution in [3.8, 4) is 0 Å². The number of nitrogens with one attached hydrogen (secondary N) is 2. The van der Waals surface area contributed by atoms with Crippen LogP contribution in [0, 0.1) is 5.41 Å². The fourth-order valence-electron chi connectivity index (χ4n) is 4.56. The van der Waals surface area contributed by atoms with Crippen molar-refractivity contribution in [1.29, 1.82) is 0 Å². The lowest BCUT2D eigenvalue weighted by Crippen LogP contribution is -2.45. The van der Waals surface area contributed by atoms with E-state index >= 15 is 0 Å². The van der Waals surface area contributed by atoms with Crippen molar-refractivity contribution >= 4 is 35.8 Å². The van der Waals surface area contributed by atoms with Gasteiger partial charge in [0.2, 0.25) is 0 Å². The van der Waals surface area contributed by atoms with Crippen LogP contribution in [0.15, 0.2) is 23.3 Å². The fraction of sp³-hybridized carbons (Fsp3) is 0.739. The number of guanidine groups is 1. The summed E-state index contributed by atoms with van der Waals surface area (Å²) in [5.41, 5.74) is 1.29. The summed E-state index contributed by atoms with van der Waals surface area (Å²) in [6.07, 6.45) is 9.24. The number of aromatic nitrogens is 1. The summed E-state index contributed by atoms with van der Waals surface area (Å²) in [5, 5.41) is 16.4. The van der Waals surface area contributed by atoms with Crippen LogP contribution in [0.2, 0.25) is 0 Å². The largest absolute Gasteiger partial charge is 0.396 e. The summed E-state index contributed by atoms with van der Waals surface area (Å²) >= 11 is 0. The summed E-state index contributed by atoms with van der Waals surface area (Å²) in [6, 6.07) is 4.20. The molecule has 3 rings (SSSR count). The Morgan fingerprint density at radius 2 is 2.10 bits per heavy atom. The molecule has 0 amide bonds. The zero-order valence-corrected chi connectivity index (χ0v) is 21.4. The second-order valence-electron chi connectivity index (χ2n) is 8.74. The van der Waals surface area contributed by atoms with E-state index in [2.05, 4.69) is 46.5 Å². The second-order valence-corrected chi connectivity index (χ2v) is 8.74. The van der Waals surface area contributed by atoms with Gasteiger partial charge in [-0.05, 0) is 50.2 Å². The number of morpholine rings is 1. The minimum Gasteiger partial charge on any atom is -0.396 e. The van der Waals surface area contributed by atoms with Crippen LogP contribution in [-0.2, 0) is 11.3 Å². The Morgan fingerprint density at radius 3 is 2.74 bits per heavy atom. The van der Waals surface area contributed by atoms with Gasteiger partial charge in [-0.25, -0.2) is 9.98 Å². The summed E-state index contributed by atoms with van der Waals surface area (Å²) in [4.78, 5) is 11.7. The van der Waals surface area contributed by atoms with Crippen LogP contribution in [-0.4, -0.2) is 61.5 Å². The quantitative estimate of drug-likeness (QED) is 0.264. The number of rotatable bonds is 8. The Balaban J connectivity index is 0.00000341. The van der Waals surface area contributed by atoms with E-state index in [0.29, 0.717) is 6.54 Å². The van der Waals surface area contributed by atoms with E-state index in [1.54, 1.807) is 0 Å². The van der Waals surface area contributed by atoms with Gasteiger partial charge < -0.3 is 25.4 Å². The van der Waals surface area contributed by atoms with Gasteiger partial charge in [-0.15, -0.1) is 24.0 Å². The van der Waals surface area contributed by atoms with Gasteiger partial charge in [-0.3, -0.25) is 0 Å². The van der Waals surface area contributed by atoms with Gasteiger partial charge in [0.15, 0.2) is 5.96 Å². The average Bonchev–Trinajstić information content (AvgIpc) is 2.77. The number of halogens is 1. The number of aliphatic hydroxyl groups excluding tert-OH is 1. The third kappa shape index (κ3) is 8.05. The number of anilines is 1. The molecule has 1 aliphatic carbocycles. The van der Waals surface area contributed by atoms with Crippen LogP contribution in [0.3, 0.4) is 0 Å². The van der Waals surface area contributed by atoms with Crippen LogP contribution in [0.1, 0.15) is 57.9 Å². The highest BCUT2D eigenvalue weighted by Crippen LogP contribution is 2.38. The molecule has 31 heavy (non-hydrogen) atoms. The molecule has 8 heteroatoms. The fourth-order valence-corrected chi connectivity index (χ4v) is 4.56. The third-order valence-electron chi connectivity index (χ3n) is 6.33. The van der Waals surface area contributed by atoms with Crippen LogP contribution >= 0.6 is 24.0 Å². The van der Waals surface area contributed by atoms with Gasteiger partial charge in [-0.1, -0.05) is 25.3 Å². The van der Waals surface area contributed by atoms with E-state index in [-0.39, 0.29) is 42.1 Å². The van der Waals surface area contributed by atoms with Crippen molar-refractivity contribution in [2.75, 3.05) is 44.3 Å². The maximum absolute atomic E-state index is 9.54. The Kier molecular flexibility index (Phi) is 11.3. The molecular weight excluding hydrogens is 505 g/mol. The summed E-state index contributed by atoms with van der Waals surface area (Å²) in [7, 11) is 0. The van der Waals surface area contributed by atoms with Crippen LogP contribution in [0.4, 0.5) is 5.82 Å². The lowest BCUT2D eigenvalue weighted by Gasteiger charge is -2.37. The molecule has 0 spiro atoms. The Hall–Kier alpha value is -1.13. The molecule has 2 aliphatic rings. The van der Waals surface area contributed by atoms with Crippen LogP contribution < -0.4 is 15.5 Å². The first-order chi connectivity index (χ1) is 14.6. The maximum atomic E-state index is 9.54. The highest BCUT2D eigenvalue weighted by atomic mass is 127. The summed E-state index contributed by atoms with van der Waals surface area (Å²) in [6.45, 7) is 9.25. The highest BCUT2D eigenvalue weighted by molar-refractivity contribution is 14.0. The standard InChI is InChI=1S/C23H39N5O2.HI/c1-3-24-22(27-18-23(11-13-29)9-5-4-6-10-23)26-16-20-7-8-21(25-15-20)28-12-14-30-19(2)17-28;/h7-8,15,19,29H,3-6,9-14,16-18H2,1-2H3,(H2,24,26,27);1H. The zero-order chi connectivity index (χ0) is 21.2. The molecule has 1 atom stereocenters. The number of aliphatic hydroxyl groups is 1. The monoisotopic (exact) mass is 545 g/mol. The van der Waals surface area contributed by atoms with Crippen LogP contribution in [0.25, 0.3) is 0 Å². The molecule has 1 aliphatic heterocycles. The molecule has 0 bridgehead atoms. The average molecular weight is 546 g/mol. The first-order valence-corrected chi connectivity index (χ1v) is 11.6. The molecule has 0 aromatic carbocycles. The predicted molar refractivity (Wildman–Crippen MR) is 137 cm³/mol. The molecule has 2 heterocycles. The third-order valence-corrected chi connectivity index (χ3v) is 6.33. The second kappa shape index (κ2) is 13.4. The van der Waals surface area contributed by atoms with Crippen molar-refractivity contribution in [1.82, 2.24) is 15.6 Å². The summed E-state index contributed by atoms with van der Waals surface area (Å²) in [5.74, 6) is 1.85. The molecule has 1 aromatic heterocycles. The minimum atomic E-state index is 0. The first-order valence-electron chi connectivity index (χ1n) is 11.6. The first kappa shape index (κ1) is 26.1. The van der Waals surface area contributed by atoms with Gasteiger partial charge >= 0.3 is 0 Å². The predicted octanol–water partition coefficient (Wildman–Crippen LogP) is 3.31. The topological polar surface area (TPSA) is 82.0 Å². The Labute approximate surface area is 204 Å². The normalized spacial score (nSPS) is 21.3. The lowest BCUT2D eigenvalue weighted by atomic mass is 9.72. The summed E-state index contributed by atoms with van der Waals surface area (Å²) < 4.78 is 5.62. The molecule has 176 valence electrons. The molecule has 1 saturated carbocycles. The minimum absolute atomic E-state index is 0. The number of hydrogen-bond donors (Lipinski definition) is 3.